The fraction of sp³-hybridized carbons (Fsp3) is 0.294. The first-order chi connectivity index (χ1) is 12.5. The van der Waals surface area contributed by atoms with Gasteiger partial charge in [-0.25, -0.2) is 18.2 Å². The summed E-state index contributed by atoms with van der Waals surface area (Å²) >= 11 is 0. The van der Waals surface area contributed by atoms with Crippen LogP contribution in [0.15, 0.2) is 48.9 Å². The standard InChI is InChI=1S/C17H17N3O5S/c21-16(11-25-17(22)15-10-18-7-8-19-15)20(13-4-2-1-3-5-13)14-6-9-26(23,24)12-14/h1-5,7-8,10,14H,6,9,11-12H2/t14-/m1/s1. The zero-order valence-electron chi connectivity index (χ0n) is 13.8. The van der Waals surface area contributed by atoms with Crippen LogP contribution in [0.2, 0.25) is 0 Å². The smallest absolute Gasteiger partial charge is 0.359 e. The van der Waals surface area contributed by atoms with Crippen LogP contribution in [-0.2, 0) is 19.4 Å². The van der Waals surface area contributed by atoms with Gasteiger partial charge in [-0.15, -0.1) is 0 Å². The number of aromatic nitrogens is 2. The number of benzene rings is 1. The second-order valence-corrected chi connectivity index (χ2v) is 8.05. The Bertz CT molecular complexity index is 887. The summed E-state index contributed by atoms with van der Waals surface area (Å²) < 4.78 is 28.6. The molecule has 1 saturated heterocycles. The van der Waals surface area contributed by atoms with E-state index in [1.54, 1.807) is 30.3 Å². The van der Waals surface area contributed by atoms with Crippen molar-refractivity contribution in [2.24, 2.45) is 0 Å². The molecule has 1 aromatic heterocycles. The second-order valence-electron chi connectivity index (χ2n) is 5.82. The van der Waals surface area contributed by atoms with Crippen molar-refractivity contribution in [1.82, 2.24) is 9.97 Å². The molecule has 1 aliphatic rings. The van der Waals surface area contributed by atoms with E-state index >= 15 is 0 Å². The average molecular weight is 375 g/mol. The number of sulfone groups is 1. The molecule has 1 aromatic carbocycles. The van der Waals surface area contributed by atoms with Crippen LogP contribution in [0.3, 0.4) is 0 Å². The predicted octanol–water partition coefficient (Wildman–Crippen LogP) is 0.854. The maximum absolute atomic E-state index is 12.7. The van der Waals surface area contributed by atoms with Crippen molar-refractivity contribution in [2.75, 3.05) is 23.0 Å². The van der Waals surface area contributed by atoms with Crippen molar-refractivity contribution in [1.29, 1.82) is 0 Å². The van der Waals surface area contributed by atoms with E-state index in [4.69, 9.17) is 4.74 Å². The van der Waals surface area contributed by atoms with Crippen molar-refractivity contribution < 1.29 is 22.7 Å². The van der Waals surface area contributed by atoms with Crippen molar-refractivity contribution in [3.05, 3.63) is 54.6 Å². The number of nitrogens with zero attached hydrogens (tertiary/aromatic N) is 3. The van der Waals surface area contributed by atoms with Crippen LogP contribution in [0.25, 0.3) is 0 Å². The summed E-state index contributed by atoms with van der Waals surface area (Å²) in [6.07, 6.45) is 4.35. The number of para-hydroxylation sites is 1. The van der Waals surface area contributed by atoms with Gasteiger partial charge in [0, 0.05) is 18.1 Å². The molecule has 0 N–H and O–H groups in total. The van der Waals surface area contributed by atoms with Gasteiger partial charge >= 0.3 is 5.97 Å². The first-order valence-electron chi connectivity index (χ1n) is 7.97. The first-order valence-corrected chi connectivity index (χ1v) is 9.79. The fourth-order valence-corrected chi connectivity index (χ4v) is 4.50. The maximum Gasteiger partial charge on any atom is 0.359 e. The van der Waals surface area contributed by atoms with Crippen LogP contribution < -0.4 is 4.90 Å². The van der Waals surface area contributed by atoms with Gasteiger partial charge in [-0.3, -0.25) is 9.78 Å². The molecule has 1 amide bonds. The zero-order valence-corrected chi connectivity index (χ0v) is 14.6. The molecule has 0 spiro atoms. The van der Waals surface area contributed by atoms with E-state index in [2.05, 4.69) is 9.97 Å². The monoisotopic (exact) mass is 375 g/mol. The molecular formula is C17H17N3O5S. The van der Waals surface area contributed by atoms with Gasteiger partial charge in [-0.2, -0.15) is 0 Å². The van der Waals surface area contributed by atoms with Gasteiger partial charge in [0.15, 0.2) is 22.1 Å². The Kier molecular flexibility index (Phi) is 5.27. The molecule has 2 aromatic rings. The van der Waals surface area contributed by atoms with E-state index < -0.39 is 34.4 Å². The highest BCUT2D eigenvalue weighted by Gasteiger charge is 2.35. The number of hydrogen-bond acceptors (Lipinski definition) is 7. The Morgan fingerprint density at radius 1 is 1.19 bits per heavy atom. The van der Waals surface area contributed by atoms with Gasteiger partial charge in [-0.05, 0) is 18.6 Å². The van der Waals surface area contributed by atoms with Gasteiger partial charge < -0.3 is 9.64 Å². The fourth-order valence-electron chi connectivity index (χ4n) is 2.80. The summed E-state index contributed by atoms with van der Waals surface area (Å²) in [6, 6.07) is 8.26. The van der Waals surface area contributed by atoms with Crippen LogP contribution in [0.4, 0.5) is 5.69 Å². The van der Waals surface area contributed by atoms with Crippen LogP contribution >= 0.6 is 0 Å². The number of esters is 1. The Morgan fingerprint density at radius 3 is 2.58 bits per heavy atom. The Balaban J connectivity index is 1.74. The molecule has 1 atom stereocenters. The Morgan fingerprint density at radius 2 is 1.96 bits per heavy atom. The third-order valence-electron chi connectivity index (χ3n) is 3.98. The van der Waals surface area contributed by atoms with Gasteiger partial charge in [0.25, 0.3) is 5.91 Å². The summed E-state index contributed by atoms with van der Waals surface area (Å²) in [5.41, 5.74) is 0.560. The average Bonchev–Trinajstić information content (AvgIpc) is 3.01. The Hall–Kier alpha value is -2.81. The lowest BCUT2D eigenvalue weighted by Gasteiger charge is -2.28. The molecule has 2 heterocycles. The number of amides is 1. The molecule has 9 heteroatoms. The molecule has 136 valence electrons. The van der Waals surface area contributed by atoms with Crippen molar-refractivity contribution >= 4 is 27.4 Å². The molecule has 1 aliphatic heterocycles. The number of carbonyl (C=O) groups is 2. The molecule has 0 aliphatic carbocycles. The van der Waals surface area contributed by atoms with E-state index in [0.29, 0.717) is 12.1 Å². The molecule has 3 rings (SSSR count). The van der Waals surface area contributed by atoms with E-state index in [9.17, 15) is 18.0 Å². The topological polar surface area (TPSA) is 107 Å². The van der Waals surface area contributed by atoms with Gasteiger partial charge in [0.1, 0.15) is 0 Å². The third kappa shape index (κ3) is 4.23. The molecule has 8 nitrogen and oxygen atoms in total. The molecule has 0 unspecified atom stereocenters. The van der Waals surface area contributed by atoms with E-state index in [0.717, 1.165) is 0 Å². The Labute approximate surface area is 150 Å². The van der Waals surface area contributed by atoms with Crippen LogP contribution in [0, 0.1) is 0 Å². The van der Waals surface area contributed by atoms with Gasteiger partial charge in [-0.1, -0.05) is 18.2 Å². The maximum atomic E-state index is 12.7. The minimum atomic E-state index is -3.18. The van der Waals surface area contributed by atoms with Crippen LogP contribution in [-0.4, -0.2) is 54.4 Å². The van der Waals surface area contributed by atoms with Gasteiger partial charge in [0.2, 0.25) is 0 Å². The predicted molar refractivity (Wildman–Crippen MR) is 93.3 cm³/mol. The first kappa shape index (κ1) is 18.0. The highest BCUT2D eigenvalue weighted by Crippen LogP contribution is 2.24. The van der Waals surface area contributed by atoms with Crippen LogP contribution in [0.1, 0.15) is 16.9 Å². The van der Waals surface area contributed by atoms with E-state index in [1.807, 2.05) is 0 Å². The highest BCUT2D eigenvalue weighted by atomic mass is 32.2. The number of ether oxygens (including phenoxy) is 1. The van der Waals surface area contributed by atoms with Crippen molar-refractivity contribution in [2.45, 2.75) is 12.5 Å². The van der Waals surface area contributed by atoms with E-state index in [1.165, 1.54) is 23.5 Å². The second kappa shape index (κ2) is 7.61. The third-order valence-corrected chi connectivity index (χ3v) is 5.73. The lowest BCUT2D eigenvalue weighted by molar-refractivity contribution is -0.122. The summed E-state index contributed by atoms with van der Waals surface area (Å²) in [7, 11) is -3.18. The molecular weight excluding hydrogens is 358 g/mol. The molecule has 0 saturated carbocycles. The molecule has 1 fully saturated rings. The lowest BCUT2D eigenvalue weighted by Crippen LogP contribution is -2.43. The van der Waals surface area contributed by atoms with Crippen molar-refractivity contribution in [3.63, 3.8) is 0 Å². The zero-order chi connectivity index (χ0) is 18.6. The minimum Gasteiger partial charge on any atom is -0.451 e. The summed E-state index contributed by atoms with van der Waals surface area (Å²) in [5, 5.41) is 0. The minimum absolute atomic E-state index is 0.00462. The normalized spacial score (nSPS) is 18.2. The highest BCUT2D eigenvalue weighted by molar-refractivity contribution is 7.91. The quantitative estimate of drug-likeness (QED) is 0.713. The summed E-state index contributed by atoms with van der Waals surface area (Å²) in [6.45, 7) is -0.513. The molecule has 26 heavy (non-hydrogen) atoms. The van der Waals surface area contributed by atoms with Crippen molar-refractivity contribution in [3.8, 4) is 0 Å². The van der Waals surface area contributed by atoms with Crippen LogP contribution in [0.5, 0.6) is 0 Å². The number of rotatable bonds is 5. The number of carbonyl (C=O) groups excluding carboxylic acids is 2. The molecule has 0 bridgehead atoms. The SMILES string of the molecule is O=C(OCC(=O)N(c1ccccc1)[C@@H]1CCS(=O)(=O)C1)c1cnccn1. The number of hydrogen-bond donors (Lipinski definition) is 0. The number of anilines is 1. The lowest BCUT2D eigenvalue weighted by atomic mass is 10.2. The summed E-state index contributed by atoms with van der Waals surface area (Å²) in [5.74, 6) is -1.33. The summed E-state index contributed by atoms with van der Waals surface area (Å²) in [4.78, 5) is 33.6. The van der Waals surface area contributed by atoms with Gasteiger partial charge in [0.05, 0.1) is 23.7 Å². The van der Waals surface area contributed by atoms with E-state index in [-0.39, 0.29) is 17.2 Å². The largest absolute Gasteiger partial charge is 0.451 e. The molecule has 0 radical (unpaired) electrons.